The SMILES string of the molecule is Cc1ccc(S(=O)(=O)NCc2c(C)c(C)c(C)c(C)c2C)cc1. The van der Waals surface area contributed by atoms with E-state index in [1.54, 1.807) is 12.1 Å². The van der Waals surface area contributed by atoms with Crippen LogP contribution in [0.15, 0.2) is 29.2 Å². The first-order chi connectivity index (χ1) is 10.6. The molecule has 0 saturated heterocycles. The summed E-state index contributed by atoms with van der Waals surface area (Å²) < 4.78 is 27.7. The smallest absolute Gasteiger partial charge is 0.207 e. The highest BCUT2D eigenvalue weighted by Crippen LogP contribution is 2.26. The topological polar surface area (TPSA) is 46.2 Å². The number of hydrogen-bond acceptors (Lipinski definition) is 2. The Morgan fingerprint density at radius 2 is 1.17 bits per heavy atom. The Morgan fingerprint density at radius 1 is 0.739 bits per heavy atom. The van der Waals surface area contributed by atoms with Crippen LogP contribution in [0.3, 0.4) is 0 Å². The number of nitrogens with one attached hydrogen (secondary N) is 1. The summed E-state index contributed by atoms with van der Waals surface area (Å²) in [4.78, 5) is 0.305. The Balaban J connectivity index is 2.33. The molecular weight excluding hydrogens is 306 g/mol. The number of benzene rings is 2. The lowest BCUT2D eigenvalue weighted by Gasteiger charge is -2.19. The van der Waals surface area contributed by atoms with Crippen molar-refractivity contribution < 1.29 is 8.42 Å². The maximum absolute atomic E-state index is 12.5. The molecule has 4 heteroatoms. The van der Waals surface area contributed by atoms with Gasteiger partial charge < -0.3 is 0 Å². The molecule has 2 aromatic rings. The van der Waals surface area contributed by atoms with E-state index in [1.165, 1.54) is 16.7 Å². The molecule has 0 radical (unpaired) electrons. The van der Waals surface area contributed by atoms with Crippen LogP contribution in [0.1, 0.15) is 38.9 Å². The van der Waals surface area contributed by atoms with Crippen LogP contribution in [-0.4, -0.2) is 8.42 Å². The Morgan fingerprint density at radius 3 is 1.65 bits per heavy atom. The summed E-state index contributed by atoms with van der Waals surface area (Å²) in [7, 11) is -3.49. The van der Waals surface area contributed by atoms with Gasteiger partial charge in [-0.15, -0.1) is 0 Å². The van der Waals surface area contributed by atoms with Gasteiger partial charge in [0.15, 0.2) is 0 Å². The fourth-order valence-corrected chi connectivity index (χ4v) is 3.81. The van der Waals surface area contributed by atoms with Crippen LogP contribution in [0.2, 0.25) is 0 Å². The molecule has 0 aromatic heterocycles. The highest BCUT2D eigenvalue weighted by atomic mass is 32.2. The van der Waals surface area contributed by atoms with E-state index >= 15 is 0 Å². The quantitative estimate of drug-likeness (QED) is 0.920. The van der Waals surface area contributed by atoms with Crippen molar-refractivity contribution >= 4 is 10.0 Å². The van der Waals surface area contributed by atoms with Gasteiger partial charge in [-0.3, -0.25) is 0 Å². The molecule has 0 aliphatic carbocycles. The summed E-state index contributed by atoms with van der Waals surface area (Å²) in [5.74, 6) is 0. The van der Waals surface area contributed by atoms with Gasteiger partial charge in [-0.1, -0.05) is 17.7 Å². The molecule has 0 aliphatic heterocycles. The summed E-state index contributed by atoms with van der Waals surface area (Å²) in [5.41, 5.74) is 8.19. The highest BCUT2D eigenvalue weighted by molar-refractivity contribution is 7.89. The van der Waals surface area contributed by atoms with Crippen molar-refractivity contribution in [3.8, 4) is 0 Å². The molecule has 0 atom stereocenters. The van der Waals surface area contributed by atoms with Crippen molar-refractivity contribution in [3.05, 3.63) is 63.2 Å². The van der Waals surface area contributed by atoms with E-state index in [4.69, 9.17) is 0 Å². The first-order valence-electron chi connectivity index (χ1n) is 7.77. The van der Waals surface area contributed by atoms with E-state index < -0.39 is 10.0 Å². The van der Waals surface area contributed by atoms with E-state index in [0.29, 0.717) is 11.4 Å². The van der Waals surface area contributed by atoms with E-state index in [2.05, 4.69) is 39.3 Å². The van der Waals surface area contributed by atoms with Crippen molar-refractivity contribution in [1.82, 2.24) is 4.72 Å². The second-order valence-electron chi connectivity index (χ2n) is 6.24. The fourth-order valence-electron chi connectivity index (χ4n) is 2.81. The van der Waals surface area contributed by atoms with Crippen LogP contribution in [0.25, 0.3) is 0 Å². The molecule has 0 fully saturated rings. The molecule has 0 spiro atoms. The molecular formula is C19H25NO2S. The van der Waals surface area contributed by atoms with Crippen molar-refractivity contribution in [2.24, 2.45) is 0 Å². The molecule has 0 bridgehead atoms. The second-order valence-corrected chi connectivity index (χ2v) is 8.01. The Hall–Kier alpha value is -1.65. The average Bonchev–Trinajstić information content (AvgIpc) is 2.51. The normalized spacial score (nSPS) is 11.7. The first-order valence-corrected chi connectivity index (χ1v) is 9.25. The molecule has 2 aromatic carbocycles. The zero-order valence-electron chi connectivity index (χ0n) is 14.7. The minimum atomic E-state index is -3.49. The standard InChI is InChI=1S/C19H25NO2S/c1-12-7-9-18(10-8-12)23(21,22)20-11-19-16(5)14(3)13(2)15(4)17(19)6/h7-10,20H,11H2,1-6H3. The van der Waals surface area contributed by atoms with Gasteiger partial charge in [-0.25, -0.2) is 13.1 Å². The van der Waals surface area contributed by atoms with Crippen LogP contribution in [0.4, 0.5) is 0 Å². The lowest BCUT2D eigenvalue weighted by Crippen LogP contribution is -2.24. The van der Waals surface area contributed by atoms with Crippen LogP contribution in [-0.2, 0) is 16.6 Å². The Kier molecular flexibility index (Phi) is 4.97. The molecule has 3 nitrogen and oxygen atoms in total. The van der Waals surface area contributed by atoms with E-state index in [-0.39, 0.29) is 0 Å². The number of sulfonamides is 1. The minimum absolute atomic E-state index is 0.305. The van der Waals surface area contributed by atoms with Crippen LogP contribution in [0, 0.1) is 41.5 Å². The molecule has 0 unspecified atom stereocenters. The van der Waals surface area contributed by atoms with Gasteiger partial charge in [-0.2, -0.15) is 0 Å². The lowest BCUT2D eigenvalue weighted by atomic mass is 9.90. The van der Waals surface area contributed by atoms with Crippen LogP contribution in [0.5, 0.6) is 0 Å². The molecule has 0 amide bonds. The van der Waals surface area contributed by atoms with E-state index in [0.717, 1.165) is 22.3 Å². The third-order valence-electron chi connectivity index (χ3n) is 4.93. The van der Waals surface area contributed by atoms with Gasteiger partial charge in [0, 0.05) is 6.54 Å². The molecule has 0 heterocycles. The van der Waals surface area contributed by atoms with Crippen LogP contribution < -0.4 is 4.72 Å². The Labute approximate surface area is 139 Å². The Bertz CT molecular complexity index is 806. The summed E-state index contributed by atoms with van der Waals surface area (Å²) in [6.07, 6.45) is 0. The van der Waals surface area contributed by atoms with Gasteiger partial charge >= 0.3 is 0 Å². The fraction of sp³-hybridized carbons (Fsp3) is 0.368. The monoisotopic (exact) mass is 331 g/mol. The summed E-state index contributed by atoms with van der Waals surface area (Å²) in [6.45, 7) is 12.7. The van der Waals surface area contributed by atoms with Gasteiger partial charge in [0.1, 0.15) is 0 Å². The number of aryl methyl sites for hydroxylation is 1. The number of hydrogen-bond donors (Lipinski definition) is 1. The predicted molar refractivity (Wildman–Crippen MR) is 95.3 cm³/mol. The zero-order chi connectivity index (χ0) is 17.4. The molecule has 0 aliphatic rings. The minimum Gasteiger partial charge on any atom is -0.207 e. The molecule has 2 rings (SSSR count). The summed E-state index contributed by atoms with van der Waals surface area (Å²) in [6, 6.07) is 6.91. The first kappa shape index (κ1) is 17.7. The molecule has 1 N–H and O–H groups in total. The summed E-state index contributed by atoms with van der Waals surface area (Å²) >= 11 is 0. The molecule has 0 saturated carbocycles. The third-order valence-corrected chi connectivity index (χ3v) is 6.34. The average molecular weight is 331 g/mol. The molecule has 23 heavy (non-hydrogen) atoms. The van der Waals surface area contributed by atoms with Gasteiger partial charge in [0.05, 0.1) is 4.90 Å². The van der Waals surface area contributed by atoms with Crippen molar-refractivity contribution in [2.45, 2.75) is 53.0 Å². The molecule has 124 valence electrons. The second kappa shape index (κ2) is 6.46. The summed E-state index contributed by atoms with van der Waals surface area (Å²) in [5, 5.41) is 0. The maximum Gasteiger partial charge on any atom is 0.240 e. The zero-order valence-corrected chi connectivity index (χ0v) is 15.6. The van der Waals surface area contributed by atoms with Crippen LogP contribution >= 0.6 is 0 Å². The van der Waals surface area contributed by atoms with Crippen molar-refractivity contribution in [1.29, 1.82) is 0 Å². The predicted octanol–water partition coefficient (Wildman–Crippen LogP) is 4.02. The van der Waals surface area contributed by atoms with Crippen molar-refractivity contribution in [3.63, 3.8) is 0 Å². The van der Waals surface area contributed by atoms with Gasteiger partial charge in [-0.05, 0) is 87.1 Å². The van der Waals surface area contributed by atoms with Crippen molar-refractivity contribution in [2.75, 3.05) is 0 Å². The lowest BCUT2D eigenvalue weighted by molar-refractivity contribution is 0.581. The van der Waals surface area contributed by atoms with E-state index in [9.17, 15) is 8.42 Å². The van der Waals surface area contributed by atoms with E-state index in [1.807, 2.05) is 19.1 Å². The highest BCUT2D eigenvalue weighted by Gasteiger charge is 2.17. The van der Waals surface area contributed by atoms with Gasteiger partial charge in [0.25, 0.3) is 0 Å². The largest absolute Gasteiger partial charge is 0.240 e. The van der Waals surface area contributed by atoms with Gasteiger partial charge in [0.2, 0.25) is 10.0 Å². The third kappa shape index (κ3) is 3.48. The number of rotatable bonds is 4. The maximum atomic E-state index is 12.5.